The molecule has 0 saturated heterocycles. The summed E-state index contributed by atoms with van der Waals surface area (Å²) in [6.07, 6.45) is 0.692. The van der Waals surface area contributed by atoms with Crippen molar-refractivity contribution in [1.82, 2.24) is 0 Å². The summed E-state index contributed by atoms with van der Waals surface area (Å²) in [4.78, 5) is 0.0564. The zero-order chi connectivity index (χ0) is 13.9. The van der Waals surface area contributed by atoms with Crippen LogP contribution >= 0.6 is 15.9 Å². The molecule has 0 amide bonds. The zero-order valence-corrected chi connectivity index (χ0v) is 12.4. The number of halogens is 2. The first-order valence-corrected chi connectivity index (χ1v) is 7.42. The van der Waals surface area contributed by atoms with Gasteiger partial charge in [-0.3, -0.25) is 0 Å². The highest BCUT2D eigenvalue weighted by Crippen LogP contribution is 2.41. The number of hydrogen-bond donors (Lipinski definition) is 0. The van der Waals surface area contributed by atoms with Crippen LogP contribution in [0.2, 0.25) is 0 Å². The summed E-state index contributed by atoms with van der Waals surface area (Å²) >= 11 is 3.67. The Kier molecular flexibility index (Phi) is 3.92. The lowest BCUT2D eigenvalue weighted by molar-refractivity contribution is 0.170. The van der Waals surface area contributed by atoms with E-state index in [1.165, 1.54) is 6.07 Å². The van der Waals surface area contributed by atoms with Gasteiger partial charge in [0.15, 0.2) is 11.5 Å². The predicted octanol–water partition coefficient (Wildman–Crippen LogP) is 4.28. The van der Waals surface area contributed by atoms with Crippen LogP contribution in [0.4, 0.5) is 4.39 Å². The molecule has 4 heteroatoms. The fraction of sp³-hybridized carbons (Fsp3) is 0.250. The molecule has 1 unspecified atom stereocenters. The largest absolute Gasteiger partial charge is 0.486 e. The maximum absolute atomic E-state index is 13.2. The van der Waals surface area contributed by atoms with Crippen molar-refractivity contribution in [1.29, 1.82) is 0 Å². The van der Waals surface area contributed by atoms with E-state index in [4.69, 9.17) is 9.47 Å². The molecule has 0 aromatic heterocycles. The molecule has 0 aliphatic carbocycles. The summed E-state index contributed by atoms with van der Waals surface area (Å²) in [5.74, 6) is 1.35. The summed E-state index contributed by atoms with van der Waals surface area (Å²) in [5, 5.41) is 0. The maximum Gasteiger partial charge on any atom is 0.165 e. The molecule has 20 heavy (non-hydrogen) atoms. The van der Waals surface area contributed by atoms with Crippen molar-refractivity contribution in [2.24, 2.45) is 0 Å². The van der Waals surface area contributed by atoms with Crippen LogP contribution in [-0.4, -0.2) is 13.2 Å². The van der Waals surface area contributed by atoms with Gasteiger partial charge < -0.3 is 9.47 Å². The van der Waals surface area contributed by atoms with Crippen molar-refractivity contribution in [2.75, 3.05) is 13.2 Å². The van der Waals surface area contributed by atoms with Gasteiger partial charge in [-0.15, -0.1) is 0 Å². The second-order valence-electron chi connectivity index (χ2n) is 4.67. The Balaban J connectivity index is 1.85. The van der Waals surface area contributed by atoms with Gasteiger partial charge in [0.2, 0.25) is 0 Å². The quantitative estimate of drug-likeness (QED) is 0.779. The fourth-order valence-corrected chi connectivity index (χ4v) is 3.06. The third-order valence-corrected chi connectivity index (χ3v) is 4.06. The average molecular weight is 337 g/mol. The second kappa shape index (κ2) is 5.83. The minimum atomic E-state index is -0.211. The van der Waals surface area contributed by atoms with E-state index < -0.39 is 0 Å². The lowest BCUT2D eigenvalue weighted by Crippen LogP contribution is -2.17. The summed E-state index contributed by atoms with van der Waals surface area (Å²) in [6.45, 7) is 1.14. The lowest BCUT2D eigenvalue weighted by atomic mass is 10.0. The van der Waals surface area contributed by atoms with E-state index in [1.54, 1.807) is 12.1 Å². The van der Waals surface area contributed by atoms with Crippen molar-refractivity contribution in [3.63, 3.8) is 0 Å². The second-order valence-corrected chi connectivity index (χ2v) is 5.78. The Morgan fingerprint density at radius 2 is 1.90 bits per heavy atom. The van der Waals surface area contributed by atoms with Crippen LogP contribution in [0.3, 0.4) is 0 Å². The van der Waals surface area contributed by atoms with Crippen LogP contribution < -0.4 is 9.47 Å². The molecule has 0 radical (unpaired) electrons. The highest BCUT2D eigenvalue weighted by Gasteiger charge is 2.20. The van der Waals surface area contributed by atoms with Gasteiger partial charge in [0, 0.05) is 10.4 Å². The van der Waals surface area contributed by atoms with E-state index in [0.29, 0.717) is 19.6 Å². The summed E-state index contributed by atoms with van der Waals surface area (Å²) in [5.41, 5.74) is 1.98. The normalized spacial score (nSPS) is 14.9. The van der Waals surface area contributed by atoms with E-state index in [-0.39, 0.29) is 10.6 Å². The van der Waals surface area contributed by atoms with E-state index in [1.807, 2.05) is 24.3 Å². The molecular weight excluding hydrogens is 323 g/mol. The Morgan fingerprint density at radius 1 is 1.10 bits per heavy atom. The van der Waals surface area contributed by atoms with Crippen molar-refractivity contribution in [2.45, 2.75) is 11.2 Å². The Labute approximate surface area is 125 Å². The number of para-hydroxylation sites is 1. The first-order valence-electron chi connectivity index (χ1n) is 6.51. The number of benzene rings is 2. The average Bonchev–Trinajstić information content (AvgIpc) is 2.46. The van der Waals surface area contributed by atoms with Gasteiger partial charge >= 0.3 is 0 Å². The maximum atomic E-state index is 13.2. The van der Waals surface area contributed by atoms with Gasteiger partial charge in [-0.1, -0.05) is 40.2 Å². The highest BCUT2D eigenvalue weighted by molar-refractivity contribution is 9.09. The van der Waals surface area contributed by atoms with Crippen molar-refractivity contribution in [3.8, 4) is 11.5 Å². The number of hydrogen-bond acceptors (Lipinski definition) is 2. The van der Waals surface area contributed by atoms with Gasteiger partial charge in [-0.05, 0) is 30.2 Å². The monoisotopic (exact) mass is 336 g/mol. The topological polar surface area (TPSA) is 18.5 Å². The molecule has 1 aliphatic heterocycles. The molecule has 3 rings (SSSR count). The molecule has 0 fully saturated rings. The molecule has 0 N–H and O–H groups in total. The van der Waals surface area contributed by atoms with Crippen LogP contribution in [0, 0.1) is 5.82 Å². The summed E-state index contributed by atoms with van der Waals surface area (Å²) < 4.78 is 24.5. The minimum absolute atomic E-state index is 0.0564. The molecule has 0 saturated carbocycles. The Morgan fingerprint density at radius 3 is 2.75 bits per heavy atom. The van der Waals surface area contributed by atoms with Crippen LogP contribution in [0.15, 0.2) is 42.5 Å². The van der Waals surface area contributed by atoms with Crippen molar-refractivity contribution < 1.29 is 13.9 Å². The molecule has 1 atom stereocenters. The van der Waals surface area contributed by atoms with Crippen LogP contribution in [-0.2, 0) is 6.42 Å². The molecular formula is C16H14BrFO2. The van der Waals surface area contributed by atoms with Crippen LogP contribution in [0.1, 0.15) is 16.0 Å². The summed E-state index contributed by atoms with van der Waals surface area (Å²) in [6, 6.07) is 12.5. The van der Waals surface area contributed by atoms with Crippen LogP contribution in [0.5, 0.6) is 11.5 Å². The number of alkyl halides is 1. The van der Waals surface area contributed by atoms with Gasteiger partial charge in [-0.2, -0.15) is 0 Å². The molecule has 0 spiro atoms. The van der Waals surface area contributed by atoms with Crippen LogP contribution in [0.25, 0.3) is 0 Å². The molecule has 1 heterocycles. The molecule has 2 aromatic rings. The Hall–Kier alpha value is -1.55. The predicted molar refractivity (Wildman–Crippen MR) is 79.2 cm³/mol. The highest BCUT2D eigenvalue weighted by atomic mass is 79.9. The Bertz CT molecular complexity index is 615. The molecule has 0 bridgehead atoms. The lowest BCUT2D eigenvalue weighted by Gasteiger charge is -2.23. The third kappa shape index (κ3) is 2.80. The standard InChI is InChI=1S/C16H14BrFO2/c17-14(10-11-3-1-4-12(18)9-11)13-5-2-6-15-16(13)20-8-7-19-15/h1-6,9,14H,7-8,10H2. The molecule has 104 valence electrons. The van der Waals surface area contributed by atoms with Gasteiger partial charge in [0.1, 0.15) is 19.0 Å². The number of rotatable bonds is 3. The number of ether oxygens (including phenoxy) is 2. The van der Waals surface area contributed by atoms with Crippen molar-refractivity contribution >= 4 is 15.9 Å². The van der Waals surface area contributed by atoms with E-state index in [2.05, 4.69) is 15.9 Å². The smallest absolute Gasteiger partial charge is 0.165 e. The zero-order valence-electron chi connectivity index (χ0n) is 10.8. The van der Waals surface area contributed by atoms with Gasteiger partial charge in [0.25, 0.3) is 0 Å². The molecule has 2 nitrogen and oxygen atoms in total. The van der Waals surface area contributed by atoms with E-state index >= 15 is 0 Å². The minimum Gasteiger partial charge on any atom is -0.486 e. The molecule has 2 aromatic carbocycles. The van der Waals surface area contributed by atoms with E-state index in [0.717, 1.165) is 22.6 Å². The first-order chi connectivity index (χ1) is 9.74. The van der Waals surface area contributed by atoms with Crippen molar-refractivity contribution in [3.05, 3.63) is 59.4 Å². The molecule has 1 aliphatic rings. The SMILES string of the molecule is Fc1cccc(CC(Br)c2cccc3c2OCCO3)c1. The fourth-order valence-electron chi connectivity index (χ4n) is 2.32. The van der Waals surface area contributed by atoms with E-state index in [9.17, 15) is 4.39 Å². The van der Waals surface area contributed by atoms with Gasteiger partial charge in [-0.25, -0.2) is 4.39 Å². The third-order valence-electron chi connectivity index (χ3n) is 3.24. The van der Waals surface area contributed by atoms with Gasteiger partial charge in [0.05, 0.1) is 0 Å². The number of fused-ring (bicyclic) bond motifs is 1. The summed E-state index contributed by atoms with van der Waals surface area (Å²) in [7, 11) is 0. The first kappa shape index (κ1) is 13.4.